The molecule has 1 aliphatic heterocycles. The molecule has 1 aliphatic rings. The summed E-state index contributed by atoms with van der Waals surface area (Å²) in [5.41, 5.74) is 5.19. The first-order valence-corrected chi connectivity index (χ1v) is 4.99. The van der Waals surface area contributed by atoms with Crippen LogP contribution in [0.4, 0.5) is 0 Å². The van der Waals surface area contributed by atoms with Gasteiger partial charge in [-0.3, -0.25) is 9.59 Å². The van der Waals surface area contributed by atoms with E-state index in [-0.39, 0.29) is 11.7 Å². The monoisotopic (exact) mass is 202 g/mol. The van der Waals surface area contributed by atoms with Crippen LogP contribution in [-0.2, 0) is 9.59 Å². The number of piperidine rings is 1. The zero-order valence-electron chi connectivity index (χ0n) is 7.40. The number of amides is 2. The van der Waals surface area contributed by atoms with Crippen LogP contribution in [0.3, 0.4) is 0 Å². The molecule has 2 N–H and O–H groups in total. The van der Waals surface area contributed by atoms with Crippen molar-refractivity contribution in [3.63, 3.8) is 0 Å². The molecule has 4 nitrogen and oxygen atoms in total. The lowest BCUT2D eigenvalue weighted by Crippen LogP contribution is -2.50. The Labute approximate surface area is 82.9 Å². The molecule has 1 atom stereocenters. The standard InChI is InChI=1S/C8H14N2O2S/c9-8(12)6-3-1-2-4-10(6)7(11)5-13/h6,13H,1-5H2,(H2,9,12). The maximum Gasteiger partial charge on any atom is 0.240 e. The average molecular weight is 202 g/mol. The first-order chi connectivity index (χ1) is 6.16. The Bertz CT molecular complexity index is 220. The lowest BCUT2D eigenvalue weighted by atomic mass is 10.0. The zero-order chi connectivity index (χ0) is 9.84. The van der Waals surface area contributed by atoms with Crippen molar-refractivity contribution in [2.75, 3.05) is 12.3 Å². The van der Waals surface area contributed by atoms with Crippen molar-refractivity contribution >= 4 is 24.4 Å². The molecular weight excluding hydrogens is 188 g/mol. The Morgan fingerprint density at radius 1 is 1.46 bits per heavy atom. The Balaban J connectivity index is 2.67. The summed E-state index contributed by atoms with van der Waals surface area (Å²) in [7, 11) is 0. The smallest absolute Gasteiger partial charge is 0.240 e. The number of hydrogen-bond acceptors (Lipinski definition) is 3. The molecule has 0 saturated carbocycles. The van der Waals surface area contributed by atoms with Gasteiger partial charge in [0.05, 0.1) is 5.75 Å². The second-order valence-corrected chi connectivity index (χ2v) is 3.48. The van der Waals surface area contributed by atoms with Gasteiger partial charge in [0.15, 0.2) is 0 Å². The minimum atomic E-state index is -0.409. The van der Waals surface area contributed by atoms with E-state index in [1.54, 1.807) is 4.90 Å². The van der Waals surface area contributed by atoms with Crippen LogP contribution in [-0.4, -0.2) is 35.1 Å². The lowest BCUT2D eigenvalue weighted by Gasteiger charge is -2.33. The number of carbonyl (C=O) groups excluding carboxylic acids is 2. The number of thiol groups is 1. The summed E-state index contributed by atoms with van der Waals surface area (Å²) in [5.74, 6) is -0.370. The summed E-state index contributed by atoms with van der Waals surface area (Å²) in [6.07, 6.45) is 2.60. The molecule has 74 valence electrons. The molecule has 1 unspecified atom stereocenters. The summed E-state index contributed by atoms with van der Waals surface area (Å²) in [6, 6.07) is -0.409. The molecule has 2 amide bonds. The Kier molecular flexibility index (Phi) is 3.59. The second-order valence-electron chi connectivity index (χ2n) is 3.16. The lowest BCUT2D eigenvalue weighted by molar-refractivity contribution is -0.138. The van der Waals surface area contributed by atoms with Gasteiger partial charge in [-0.05, 0) is 19.3 Å². The van der Waals surface area contributed by atoms with Crippen LogP contribution in [0, 0.1) is 0 Å². The summed E-state index contributed by atoms with van der Waals surface area (Å²) < 4.78 is 0. The minimum absolute atomic E-state index is 0.105. The maximum atomic E-state index is 11.3. The van der Waals surface area contributed by atoms with Crippen molar-refractivity contribution < 1.29 is 9.59 Å². The van der Waals surface area contributed by atoms with Gasteiger partial charge in [0.25, 0.3) is 0 Å². The highest BCUT2D eigenvalue weighted by atomic mass is 32.1. The van der Waals surface area contributed by atoms with E-state index in [0.717, 1.165) is 12.8 Å². The number of likely N-dealkylation sites (tertiary alicyclic amines) is 1. The van der Waals surface area contributed by atoms with Gasteiger partial charge in [-0.1, -0.05) is 0 Å². The highest BCUT2D eigenvalue weighted by Crippen LogP contribution is 2.16. The molecule has 0 radical (unpaired) electrons. The van der Waals surface area contributed by atoms with Crippen LogP contribution in [0.2, 0.25) is 0 Å². The molecule has 0 bridgehead atoms. The van der Waals surface area contributed by atoms with Crippen LogP contribution >= 0.6 is 12.6 Å². The van der Waals surface area contributed by atoms with Crippen LogP contribution in [0.25, 0.3) is 0 Å². The maximum absolute atomic E-state index is 11.3. The zero-order valence-corrected chi connectivity index (χ0v) is 8.30. The molecule has 0 aromatic carbocycles. The Morgan fingerprint density at radius 3 is 2.69 bits per heavy atom. The molecule has 0 spiro atoms. The third-order valence-electron chi connectivity index (χ3n) is 2.29. The van der Waals surface area contributed by atoms with Crippen molar-refractivity contribution in [2.45, 2.75) is 25.3 Å². The number of primary amides is 1. The van der Waals surface area contributed by atoms with E-state index in [1.165, 1.54) is 0 Å². The fourth-order valence-electron chi connectivity index (χ4n) is 1.62. The minimum Gasteiger partial charge on any atom is -0.368 e. The molecule has 0 aliphatic carbocycles. The van der Waals surface area contributed by atoms with Gasteiger partial charge >= 0.3 is 0 Å². The molecule has 0 aromatic heterocycles. The third kappa shape index (κ3) is 2.37. The molecule has 1 rings (SSSR count). The largest absolute Gasteiger partial charge is 0.368 e. The topological polar surface area (TPSA) is 63.4 Å². The summed E-state index contributed by atoms with van der Waals surface area (Å²) >= 11 is 3.89. The second kappa shape index (κ2) is 4.50. The fourth-order valence-corrected chi connectivity index (χ4v) is 1.80. The van der Waals surface area contributed by atoms with E-state index in [1.807, 2.05) is 0 Å². The van der Waals surface area contributed by atoms with Crippen molar-refractivity contribution in [1.82, 2.24) is 4.90 Å². The van der Waals surface area contributed by atoms with Crippen molar-refractivity contribution in [3.05, 3.63) is 0 Å². The number of nitrogens with zero attached hydrogens (tertiary/aromatic N) is 1. The molecular formula is C8H14N2O2S. The summed E-state index contributed by atoms with van der Waals surface area (Å²) in [5, 5.41) is 0. The van der Waals surface area contributed by atoms with E-state index < -0.39 is 11.9 Å². The van der Waals surface area contributed by atoms with Crippen LogP contribution in [0.1, 0.15) is 19.3 Å². The number of rotatable bonds is 2. The van der Waals surface area contributed by atoms with Gasteiger partial charge in [0.2, 0.25) is 11.8 Å². The van der Waals surface area contributed by atoms with Crippen LogP contribution in [0.15, 0.2) is 0 Å². The molecule has 1 saturated heterocycles. The predicted molar refractivity (Wildman–Crippen MR) is 52.4 cm³/mol. The normalized spacial score (nSPS) is 22.8. The highest BCUT2D eigenvalue weighted by molar-refractivity contribution is 7.81. The van der Waals surface area contributed by atoms with Gasteiger partial charge in [-0.15, -0.1) is 0 Å². The Morgan fingerprint density at radius 2 is 2.15 bits per heavy atom. The van der Waals surface area contributed by atoms with Gasteiger partial charge in [0.1, 0.15) is 6.04 Å². The molecule has 0 aromatic rings. The number of carbonyl (C=O) groups is 2. The van der Waals surface area contributed by atoms with Gasteiger partial charge in [0, 0.05) is 6.54 Å². The van der Waals surface area contributed by atoms with E-state index in [2.05, 4.69) is 12.6 Å². The van der Waals surface area contributed by atoms with Crippen molar-refractivity contribution in [1.29, 1.82) is 0 Å². The molecule has 13 heavy (non-hydrogen) atoms. The van der Waals surface area contributed by atoms with Crippen molar-refractivity contribution in [3.8, 4) is 0 Å². The van der Waals surface area contributed by atoms with Crippen molar-refractivity contribution in [2.24, 2.45) is 5.73 Å². The Hall–Kier alpha value is -0.710. The van der Waals surface area contributed by atoms with E-state index in [0.29, 0.717) is 13.0 Å². The van der Waals surface area contributed by atoms with Gasteiger partial charge in [-0.2, -0.15) is 12.6 Å². The quantitative estimate of drug-likeness (QED) is 0.608. The third-order valence-corrected chi connectivity index (χ3v) is 2.56. The predicted octanol–water partition coefficient (Wildman–Crippen LogP) is -0.217. The average Bonchev–Trinajstić information content (AvgIpc) is 2.16. The molecule has 1 fully saturated rings. The van der Waals surface area contributed by atoms with E-state index in [9.17, 15) is 9.59 Å². The summed E-state index contributed by atoms with van der Waals surface area (Å²) in [6.45, 7) is 0.632. The molecule has 5 heteroatoms. The summed E-state index contributed by atoms with van der Waals surface area (Å²) in [4.78, 5) is 23.9. The van der Waals surface area contributed by atoms with Crippen LogP contribution < -0.4 is 5.73 Å². The number of hydrogen-bond donors (Lipinski definition) is 2. The van der Waals surface area contributed by atoms with Gasteiger partial charge < -0.3 is 10.6 Å². The van der Waals surface area contributed by atoms with E-state index >= 15 is 0 Å². The molecule has 1 heterocycles. The fraction of sp³-hybridized carbons (Fsp3) is 0.750. The van der Waals surface area contributed by atoms with Gasteiger partial charge in [-0.25, -0.2) is 0 Å². The first-order valence-electron chi connectivity index (χ1n) is 4.36. The number of nitrogens with two attached hydrogens (primary N) is 1. The first kappa shape index (κ1) is 10.4. The SMILES string of the molecule is NC(=O)C1CCCCN1C(=O)CS. The van der Waals surface area contributed by atoms with E-state index in [4.69, 9.17) is 5.73 Å². The van der Waals surface area contributed by atoms with Crippen LogP contribution in [0.5, 0.6) is 0 Å². The highest BCUT2D eigenvalue weighted by Gasteiger charge is 2.29.